The number of pyridine rings is 1. The summed E-state index contributed by atoms with van der Waals surface area (Å²) in [5, 5.41) is 4.39. The van der Waals surface area contributed by atoms with Gasteiger partial charge in [0, 0.05) is 5.56 Å². The first-order chi connectivity index (χ1) is 13.9. The highest BCUT2D eigenvalue weighted by Gasteiger charge is 2.35. The van der Waals surface area contributed by atoms with Gasteiger partial charge in [-0.2, -0.15) is 18.3 Å². The predicted molar refractivity (Wildman–Crippen MR) is 105 cm³/mol. The molecule has 2 aromatic heterocycles. The van der Waals surface area contributed by atoms with Crippen molar-refractivity contribution < 1.29 is 17.9 Å². The van der Waals surface area contributed by atoms with E-state index in [1.807, 2.05) is 30.3 Å². The molecule has 0 bridgehead atoms. The third-order valence-electron chi connectivity index (χ3n) is 4.74. The second-order valence-electron chi connectivity index (χ2n) is 6.71. The van der Waals surface area contributed by atoms with E-state index in [1.165, 1.54) is 11.8 Å². The van der Waals surface area contributed by atoms with Crippen LogP contribution < -0.4 is 4.74 Å². The number of nitrogens with zero attached hydrogens (tertiary/aromatic N) is 3. The quantitative estimate of drug-likeness (QED) is 0.458. The standard InChI is InChI=1S/C22H18F3N3O/c1-14-20-18(22(23,24)25)12-19(16-8-10-17(29-2)11-9-16)26-21(20)28(27-14)13-15-6-4-3-5-7-15/h3-12H,13H2,1-2H3. The number of rotatable bonds is 4. The topological polar surface area (TPSA) is 39.9 Å². The molecule has 4 nitrogen and oxygen atoms in total. The van der Waals surface area contributed by atoms with E-state index in [4.69, 9.17) is 4.74 Å². The van der Waals surface area contributed by atoms with E-state index < -0.39 is 11.7 Å². The van der Waals surface area contributed by atoms with Crippen LogP contribution in [-0.4, -0.2) is 21.9 Å². The van der Waals surface area contributed by atoms with Gasteiger partial charge in [0.25, 0.3) is 0 Å². The van der Waals surface area contributed by atoms with Crippen molar-refractivity contribution in [1.29, 1.82) is 0 Å². The van der Waals surface area contributed by atoms with Gasteiger partial charge in [-0.25, -0.2) is 9.67 Å². The molecule has 4 aromatic rings. The van der Waals surface area contributed by atoms with Crippen molar-refractivity contribution in [1.82, 2.24) is 14.8 Å². The lowest BCUT2D eigenvalue weighted by molar-refractivity contribution is -0.136. The van der Waals surface area contributed by atoms with Crippen LogP contribution in [0.1, 0.15) is 16.8 Å². The second kappa shape index (κ2) is 7.24. The molecule has 0 aliphatic carbocycles. The fourth-order valence-corrected chi connectivity index (χ4v) is 3.35. The molecule has 0 saturated heterocycles. The van der Waals surface area contributed by atoms with Crippen LogP contribution in [0, 0.1) is 6.92 Å². The molecular weight excluding hydrogens is 379 g/mol. The lowest BCUT2D eigenvalue weighted by atomic mass is 10.0. The van der Waals surface area contributed by atoms with Gasteiger partial charge in [0.2, 0.25) is 0 Å². The number of halogens is 3. The van der Waals surface area contributed by atoms with Gasteiger partial charge < -0.3 is 4.74 Å². The van der Waals surface area contributed by atoms with Crippen LogP contribution in [0.2, 0.25) is 0 Å². The normalized spacial score (nSPS) is 11.8. The van der Waals surface area contributed by atoms with Crippen LogP contribution in [0.15, 0.2) is 60.7 Å². The Bertz CT molecular complexity index is 1150. The highest BCUT2D eigenvalue weighted by Crippen LogP contribution is 2.38. The van der Waals surface area contributed by atoms with Crippen LogP contribution in [0.25, 0.3) is 22.3 Å². The van der Waals surface area contributed by atoms with E-state index in [9.17, 15) is 13.2 Å². The van der Waals surface area contributed by atoms with Crippen LogP contribution in [0.3, 0.4) is 0 Å². The van der Waals surface area contributed by atoms with Crippen molar-refractivity contribution in [2.45, 2.75) is 19.6 Å². The maximum absolute atomic E-state index is 13.9. The summed E-state index contributed by atoms with van der Waals surface area (Å²) in [6, 6.07) is 17.3. The number of methoxy groups -OCH3 is 1. The Hall–Kier alpha value is -3.35. The Balaban J connectivity index is 1.92. The first kappa shape index (κ1) is 19.0. The molecule has 4 rings (SSSR count). The van der Waals surface area contributed by atoms with Crippen molar-refractivity contribution in [3.05, 3.63) is 77.5 Å². The van der Waals surface area contributed by atoms with Gasteiger partial charge in [-0.3, -0.25) is 0 Å². The Morgan fingerprint density at radius 2 is 1.69 bits per heavy atom. The van der Waals surface area contributed by atoms with E-state index in [2.05, 4.69) is 10.1 Å². The van der Waals surface area contributed by atoms with Gasteiger partial charge in [0.1, 0.15) is 5.75 Å². The van der Waals surface area contributed by atoms with Gasteiger partial charge in [0.15, 0.2) is 5.65 Å². The average Bonchev–Trinajstić information content (AvgIpc) is 3.03. The second-order valence-corrected chi connectivity index (χ2v) is 6.71. The average molecular weight is 397 g/mol. The molecule has 0 unspecified atom stereocenters. The van der Waals surface area contributed by atoms with Gasteiger partial charge >= 0.3 is 6.18 Å². The number of hydrogen-bond donors (Lipinski definition) is 0. The minimum atomic E-state index is -4.52. The van der Waals surface area contributed by atoms with Gasteiger partial charge in [-0.15, -0.1) is 0 Å². The summed E-state index contributed by atoms with van der Waals surface area (Å²) < 4.78 is 48.2. The summed E-state index contributed by atoms with van der Waals surface area (Å²) >= 11 is 0. The first-order valence-electron chi connectivity index (χ1n) is 9.00. The smallest absolute Gasteiger partial charge is 0.417 e. The van der Waals surface area contributed by atoms with Crippen LogP contribution in [0.4, 0.5) is 13.2 Å². The summed E-state index contributed by atoms with van der Waals surface area (Å²) in [5.41, 5.74) is 1.53. The maximum Gasteiger partial charge on any atom is 0.417 e. The van der Waals surface area contributed by atoms with E-state index in [0.29, 0.717) is 23.6 Å². The Kier molecular flexibility index (Phi) is 4.74. The molecule has 0 radical (unpaired) electrons. The number of hydrogen-bond acceptors (Lipinski definition) is 3. The molecule has 0 N–H and O–H groups in total. The maximum atomic E-state index is 13.9. The van der Waals surface area contributed by atoms with E-state index in [1.54, 1.807) is 31.2 Å². The highest BCUT2D eigenvalue weighted by molar-refractivity contribution is 5.86. The largest absolute Gasteiger partial charge is 0.497 e. The number of ether oxygens (including phenoxy) is 1. The van der Waals surface area contributed by atoms with Crippen molar-refractivity contribution >= 4 is 11.0 Å². The van der Waals surface area contributed by atoms with Crippen molar-refractivity contribution in [3.8, 4) is 17.0 Å². The molecule has 2 aromatic carbocycles. The van der Waals surface area contributed by atoms with Crippen molar-refractivity contribution in [3.63, 3.8) is 0 Å². The molecule has 2 heterocycles. The lowest BCUT2D eigenvalue weighted by Gasteiger charge is -2.12. The fourth-order valence-electron chi connectivity index (χ4n) is 3.35. The molecule has 0 saturated carbocycles. The zero-order valence-corrected chi connectivity index (χ0v) is 15.9. The van der Waals surface area contributed by atoms with Gasteiger partial charge in [-0.05, 0) is 42.8 Å². The van der Waals surface area contributed by atoms with Crippen LogP contribution in [0.5, 0.6) is 5.75 Å². The molecule has 29 heavy (non-hydrogen) atoms. The van der Waals surface area contributed by atoms with E-state index >= 15 is 0 Å². The molecule has 0 atom stereocenters. The third-order valence-corrected chi connectivity index (χ3v) is 4.74. The number of aromatic nitrogens is 3. The number of benzene rings is 2. The molecule has 0 fully saturated rings. The molecule has 0 aliphatic rings. The van der Waals surface area contributed by atoms with Crippen LogP contribution >= 0.6 is 0 Å². The number of aryl methyl sites for hydroxylation is 1. The highest BCUT2D eigenvalue weighted by atomic mass is 19.4. The van der Waals surface area contributed by atoms with Crippen LogP contribution in [-0.2, 0) is 12.7 Å². The van der Waals surface area contributed by atoms with E-state index in [-0.39, 0.29) is 16.7 Å². The van der Waals surface area contributed by atoms with E-state index in [0.717, 1.165) is 11.6 Å². The molecule has 0 spiro atoms. The molecule has 7 heteroatoms. The number of fused-ring (bicyclic) bond motifs is 1. The van der Waals surface area contributed by atoms with Gasteiger partial charge in [-0.1, -0.05) is 30.3 Å². The molecular formula is C22H18F3N3O. The SMILES string of the molecule is COc1ccc(-c2cc(C(F)(F)F)c3c(C)nn(Cc4ccccc4)c3n2)cc1. The fraction of sp³-hybridized carbons (Fsp3) is 0.182. The Morgan fingerprint density at radius 3 is 2.31 bits per heavy atom. The lowest BCUT2D eigenvalue weighted by Crippen LogP contribution is -2.08. The monoisotopic (exact) mass is 397 g/mol. The zero-order valence-electron chi connectivity index (χ0n) is 15.9. The minimum absolute atomic E-state index is 0.0330. The summed E-state index contributed by atoms with van der Waals surface area (Å²) in [5.74, 6) is 0.621. The number of alkyl halides is 3. The molecule has 0 aliphatic heterocycles. The Morgan fingerprint density at radius 1 is 1.00 bits per heavy atom. The summed E-state index contributed by atoms with van der Waals surface area (Å²) in [7, 11) is 1.53. The van der Waals surface area contributed by atoms with Crippen molar-refractivity contribution in [2.75, 3.05) is 7.11 Å². The first-order valence-corrected chi connectivity index (χ1v) is 9.00. The summed E-state index contributed by atoms with van der Waals surface area (Å²) in [6.07, 6.45) is -4.52. The predicted octanol–water partition coefficient (Wildman–Crippen LogP) is 5.48. The summed E-state index contributed by atoms with van der Waals surface area (Å²) in [6.45, 7) is 1.91. The molecule has 148 valence electrons. The summed E-state index contributed by atoms with van der Waals surface area (Å²) in [4.78, 5) is 4.55. The van der Waals surface area contributed by atoms with Crippen molar-refractivity contribution in [2.24, 2.45) is 0 Å². The zero-order chi connectivity index (χ0) is 20.6. The van der Waals surface area contributed by atoms with Gasteiger partial charge in [0.05, 0.1) is 36.0 Å². The third kappa shape index (κ3) is 3.68. The Labute approximate surface area is 165 Å². The molecule has 0 amide bonds. The minimum Gasteiger partial charge on any atom is -0.497 e.